The largest absolute Gasteiger partial charge is 0.504 e. The molecule has 0 unspecified atom stereocenters. The first-order valence-electron chi connectivity index (χ1n) is 5.18. The van der Waals surface area contributed by atoms with Crippen molar-refractivity contribution in [1.29, 1.82) is 0 Å². The van der Waals surface area contributed by atoms with Gasteiger partial charge in [-0.15, -0.1) is 0 Å². The first-order chi connectivity index (χ1) is 10.4. The highest BCUT2D eigenvalue weighted by Gasteiger charge is 2.82. The van der Waals surface area contributed by atoms with Crippen molar-refractivity contribution in [1.82, 2.24) is 0 Å². The average molecular weight is 384 g/mol. The lowest BCUT2D eigenvalue weighted by atomic mass is 9.95. The van der Waals surface area contributed by atoms with E-state index in [4.69, 9.17) is 5.11 Å². The number of phenols is 1. The molecule has 0 aromatic heterocycles. The fraction of sp³-hybridized carbons (Fsp3) is 0.400. The molecule has 24 heavy (non-hydrogen) atoms. The van der Waals surface area contributed by atoms with E-state index in [2.05, 4.69) is 0 Å². The van der Waals surface area contributed by atoms with E-state index in [-0.39, 0.29) is 0 Å². The summed E-state index contributed by atoms with van der Waals surface area (Å²) in [5.74, 6) is -37.9. The Hall–Kier alpha value is -1.89. The van der Waals surface area contributed by atoms with Gasteiger partial charge in [0, 0.05) is 0 Å². The second kappa shape index (κ2) is 5.31. The Labute approximate surface area is 122 Å². The summed E-state index contributed by atoms with van der Waals surface area (Å²) >= 11 is 0. The van der Waals surface area contributed by atoms with Gasteiger partial charge in [0.05, 0.1) is 0 Å². The van der Waals surface area contributed by atoms with E-state index in [0.717, 1.165) is 0 Å². The Bertz CT molecular complexity index is 631. The molecule has 1 rings (SSSR count). The zero-order valence-electron chi connectivity index (χ0n) is 10.4. The van der Waals surface area contributed by atoms with Gasteiger partial charge in [-0.3, -0.25) is 0 Å². The molecule has 1 N–H and O–H groups in total. The predicted octanol–water partition coefficient (Wildman–Crippen LogP) is 4.87. The number of alkyl halides is 9. The number of hydrogen-bond acceptors (Lipinski definition) is 1. The molecule has 0 fully saturated rings. The van der Waals surface area contributed by atoms with E-state index in [1.54, 1.807) is 0 Å². The highest BCUT2D eigenvalue weighted by atomic mass is 19.4. The smallest absolute Gasteiger partial charge is 0.460 e. The molecule has 138 valence electrons. The van der Waals surface area contributed by atoms with Gasteiger partial charge >= 0.3 is 23.9 Å². The molecule has 14 heteroatoms. The monoisotopic (exact) mass is 384 g/mol. The Morgan fingerprint density at radius 2 is 0.917 bits per heavy atom. The van der Waals surface area contributed by atoms with Crippen LogP contribution in [-0.4, -0.2) is 23.1 Å². The summed E-state index contributed by atoms with van der Waals surface area (Å²) in [5, 5.41) is 8.69. The van der Waals surface area contributed by atoms with Gasteiger partial charge in [-0.1, -0.05) is 0 Å². The van der Waals surface area contributed by atoms with Gasteiger partial charge in [0.15, 0.2) is 17.4 Å². The van der Waals surface area contributed by atoms with Gasteiger partial charge in [-0.25, -0.2) is 13.2 Å². The van der Waals surface area contributed by atoms with Crippen LogP contribution >= 0.6 is 0 Å². The zero-order valence-corrected chi connectivity index (χ0v) is 10.4. The van der Waals surface area contributed by atoms with Gasteiger partial charge in [0.25, 0.3) is 0 Å². The summed E-state index contributed by atoms with van der Waals surface area (Å²) in [6.07, 6.45) is -7.29. The minimum absolute atomic E-state index is 2.99. The molecule has 1 aromatic carbocycles. The first kappa shape index (κ1) is 20.2. The summed E-state index contributed by atoms with van der Waals surface area (Å²) in [6.45, 7) is 0. The Balaban J connectivity index is 3.80. The third-order valence-electron chi connectivity index (χ3n) is 2.70. The average Bonchev–Trinajstić information content (AvgIpc) is 2.41. The summed E-state index contributed by atoms with van der Waals surface area (Å²) in [5.41, 5.74) is -3.60. The fourth-order valence-corrected chi connectivity index (χ4v) is 1.44. The van der Waals surface area contributed by atoms with E-state index < -0.39 is 58.5 Å². The van der Waals surface area contributed by atoms with Gasteiger partial charge in [-0.2, -0.15) is 43.9 Å². The Morgan fingerprint density at radius 3 is 1.29 bits per heavy atom. The van der Waals surface area contributed by atoms with Crippen molar-refractivity contribution < 1.29 is 62.2 Å². The minimum Gasteiger partial charge on any atom is -0.504 e. The molecule has 0 aliphatic carbocycles. The third kappa shape index (κ3) is 2.42. The number of phenolic OH excluding ortho intramolecular Hbond substituents is 1. The van der Waals surface area contributed by atoms with E-state index in [0.29, 0.717) is 0 Å². The van der Waals surface area contributed by atoms with Crippen molar-refractivity contribution in [2.24, 2.45) is 0 Å². The zero-order chi connectivity index (χ0) is 19.5. The summed E-state index contributed by atoms with van der Waals surface area (Å²) in [7, 11) is 0. The van der Waals surface area contributed by atoms with Gasteiger partial charge in [0.1, 0.15) is 5.56 Å². The molecular weight excluding hydrogens is 383 g/mol. The molecule has 0 saturated heterocycles. The standard InChI is InChI=1S/C10HF13O/c11-2-1(6(24)5(14)4(13)3(2)12)7(15,16)8(17,18)9(19,20)10(21,22)23/h24H. The van der Waals surface area contributed by atoms with Crippen LogP contribution in [0.2, 0.25) is 0 Å². The molecule has 1 aromatic rings. The summed E-state index contributed by atoms with van der Waals surface area (Å²) in [4.78, 5) is 0. The van der Waals surface area contributed by atoms with Gasteiger partial charge in [-0.05, 0) is 0 Å². The molecule has 0 amide bonds. The van der Waals surface area contributed by atoms with Crippen molar-refractivity contribution in [3.63, 3.8) is 0 Å². The van der Waals surface area contributed by atoms with Crippen molar-refractivity contribution in [2.75, 3.05) is 0 Å². The van der Waals surface area contributed by atoms with Crippen LogP contribution in [0.15, 0.2) is 0 Å². The molecule has 0 bridgehead atoms. The van der Waals surface area contributed by atoms with Gasteiger partial charge < -0.3 is 5.11 Å². The number of aromatic hydroxyl groups is 1. The van der Waals surface area contributed by atoms with E-state index in [1.165, 1.54) is 0 Å². The lowest BCUT2D eigenvalue weighted by Gasteiger charge is -2.34. The lowest BCUT2D eigenvalue weighted by molar-refractivity contribution is -0.400. The number of rotatable bonds is 3. The third-order valence-corrected chi connectivity index (χ3v) is 2.70. The molecule has 0 aliphatic rings. The van der Waals surface area contributed by atoms with Crippen LogP contribution in [-0.2, 0) is 5.92 Å². The van der Waals surface area contributed by atoms with Crippen LogP contribution in [0.3, 0.4) is 0 Å². The Morgan fingerprint density at radius 1 is 0.542 bits per heavy atom. The number of benzene rings is 1. The van der Waals surface area contributed by atoms with Crippen molar-refractivity contribution in [3.8, 4) is 5.75 Å². The highest BCUT2D eigenvalue weighted by molar-refractivity contribution is 5.41. The minimum atomic E-state index is -7.51. The highest BCUT2D eigenvalue weighted by Crippen LogP contribution is 2.58. The van der Waals surface area contributed by atoms with Crippen LogP contribution in [0, 0.1) is 23.3 Å². The normalized spacial score (nSPS) is 14.2. The predicted molar refractivity (Wildman–Crippen MR) is 47.8 cm³/mol. The molecule has 1 nitrogen and oxygen atoms in total. The van der Waals surface area contributed by atoms with Crippen LogP contribution in [0.5, 0.6) is 5.75 Å². The maximum Gasteiger partial charge on any atom is 0.460 e. The molecule has 0 radical (unpaired) electrons. The van der Waals surface area contributed by atoms with Crippen LogP contribution < -0.4 is 0 Å². The first-order valence-corrected chi connectivity index (χ1v) is 5.18. The van der Waals surface area contributed by atoms with Crippen molar-refractivity contribution in [2.45, 2.75) is 23.9 Å². The second-order valence-corrected chi connectivity index (χ2v) is 4.20. The SMILES string of the molecule is Oc1c(F)c(F)c(F)c(F)c1C(F)(F)C(F)(F)C(F)(F)C(F)(F)F. The lowest BCUT2D eigenvalue weighted by Crippen LogP contribution is -2.59. The molecule has 0 atom stereocenters. The van der Waals surface area contributed by atoms with Crippen LogP contribution in [0.1, 0.15) is 5.56 Å². The maximum atomic E-state index is 13.4. The number of halogens is 13. The van der Waals surface area contributed by atoms with Crippen LogP contribution in [0.25, 0.3) is 0 Å². The molecule has 0 heterocycles. The maximum absolute atomic E-state index is 13.4. The van der Waals surface area contributed by atoms with E-state index >= 15 is 0 Å². The number of hydrogen-bond donors (Lipinski definition) is 1. The van der Waals surface area contributed by atoms with E-state index in [9.17, 15) is 57.1 Å². The molecule has 0 aliphatic heterocycles. The van der Waals surface area contributed by atoms with E-state index in [1.807, 2.05) is 0 Å². The van der Waals surface area contributed by atoms with Crippen molar-refractivity contribution >= 4 is 0 Å². The summed E-state index contributed by atoms with van der Waals surface area (Å²) < 4.78 is 165. The molecular formula is C10HF13O. The second-order valence-electron chi connectivity index (χ2n) is 4.20. The van der Waals surface area contributed by atoms with Crippen LogP contribution in [0.4, 0.5) is 57.1 Å². The van der Waals surface area contributed by atoms with Gasteiger partial charge in [0.2, 0.25) is 11.6 Å². The summed E-state index contributed by atoms with van der Waals surface area (Å²) in [6, 6.07) is 0. The Kier molecular flexibility index (Phi) is 4.46. The fourth-order valence-electron chi connectivity index (χ4n) is 1.44. The van der Waals surface area contributed by atoms with Crippen molar-refractivity contribution in [3.05, 3.63) is 28.8 Å². The molecule has 0 saturated carbocycles. The molecule has 0 spiro atoms. The topological polar surface area (TPSA) is 20.2 Å². The quantitative estimate of drug-likeness (QED) is 0.448.